The van der Waals surface area contributed by atoms with Crippen molar-refractivity contribution < 1.29 is 32.6 Å². The van der Waals surface area contributed by atoms with E-state index < -0.39 is 40.3 Å². The quantitative estimate of drug-likeness (QED) is 0.525. The summed E-state index contributed by atoms with van der Waals surface area (Å²) < 4.78 is 28.0. The maximum Gasteiger partial charge on any atom is 0.407 e. The fraction of sp³-hybridized carbons (Fsp3) is 0.375. The van der Waals surface area contributed by atoms with Crippen molar-refractivity contribution in [2.75, 3.05) is 32.2 Å². The van der Waals surface area contributed by atoms with Gasteiger partial charge in [0, 0.05) is 25.8 Å². The van der Waals surface area contributed by atoms with Crippen molar-refractivity contribution in [3.8, 4) is 11.1 Å². The third-order valence-electron chi connectivity index (χ3n) is 5.70. The first kappa shape index (κ1) is 25.2. The zero-order chi connectivity index (χ0) is 24.9. The van der Waals surface area contributed by atoms with Crippen LogP contribution in [0.4, 0.5) is 4.79 Å². The second kappa shape index (κ2) is 10.7. The number of nitrogens with one attached hydrogen (secondary N) is 1. The number of hydrogen-bond donors (Lipinski definition) is 2. The fourth-order valence-electron chi connectivity index (χ4n) is 4.10. The Morgan fingerprint density at radius 1 is 1.06 bits per heavy atom. The van der Waals surface area contributed by atoms with Crippen LogP contribution in [-0.2, 0) is 24.2 Å². The molecule has 2 N–H and O–H groups in total. The van der Waals surface area contributed by atoms with Gasteiger partial charge in [-0.3, -0.25) is 9.59 Å². The molecule has 1 aliphatic carbocycles. The van der Waals surface area contributed by atoms with E-state index in [1.165, 1.54) is 11.9 Å². The van der Waals surface area contributed by atoms with Crippen molar-refractivity contribution in [2.24, 2.45) is 0 Å². The topological polar surface area (TPSA) is 130 Å². The Morgan fingerprint density at radius 3 is 2.15 bits per heavy atom. The van der Waals surface area contributed by atoms with Gasteiger partial charge >= 0.3 is 12.1 Å². The number of fused-ring (bicyclic) bond motifs is 3. The third-order valence-corrected chi connectivity index (χ3v) is 6.73. The largest absolute Gasteiger partial charge is 0.481 e. The Balaban J connectivity index is 1.63. The minimum Gasteiger partial charge on any atom is -0.481 e. The highest BCUT2D eigenvalue weighted by Gasteiger charge is 2.31. The van der Waals surface area contributed by atoms with Crippen LogP contribution in [0, 0.1) is 0 Å². The molecule has 2 aromatic rings. The molecular weight excluding hydrogens is 460 g/mol. The first-order chi connectivity index (χ1) is 16.1. The Bertz CT molecular complexity index is 1130. The van der Waals surface area contributed by atoms with E-state index in [-0.39, 0.29) is 31.2 Å². The van der Waals surface area contributed by atoms with Crippen LogP contribution in [0.3, 0.4) is 0 Å². The standard InChI is InChI=1S/C24H28N2O7S/c1-26(12-7-13-34(2,31)32)23(29)21(14-22(27)28)25-24(30)33-15-20-18-10-5-3-8-16(18)17-9-4-6-11-19(17)20/h3-6,8-11,20-21H,7,12-15H2,1-2H3,(H,25,30)(H,27,28). The molecule has 1 unspecified atom stereocenters. The number of carbonyl (C=O) groups excluding carboxylic acids is 2. The van der Waals surface area contributed by atoms with Gasteiger partial charge in [-0.2, -0.15) is 0 Å². The van der Waals surface area contributed by atoms with Gasteiger partial charge in [0.05, 0.1) is 12.2 Å². The van der Waals surface area contributed by atoms with E-state index >= 15 is 0 Å². The summed E-state index contributed by atoms with van der Waals surface area (Å²) in [5.74, 6) is -2.18. The summed E-state index contributed by atoms with van der Waals surface area (Å²) in [5, 5.41) is 11.5. The zero-order valence-corrected chi connectivity index (χ0v) is 19.9. The number of ether oxygens (including phenoxy) is 1. The van der Waals surface area contributed by atoms with E-state index in [1.54, 1.807) is 0 Å². The molecule has 0 heterocycles. The summed E-state index contributed by atoms with van der Waals surface area (Å²) in [6.07, 6.45) is -0.225. The van der Waals surface area contributed by atoms with Crippen molar-refractivity contribution >= 4 is 27.8 Å². The Kier molecular flexibility index (Phi) is 7.93. The van der Waals surface area contributed by atoms with Gasteiger partial charge in [-0.25, -0.2) is 13.2 Å². The van der Waals surface area contributed by atoms with Crippen LogP contribution in [0.2, 0.25) is 0 Å². The monoisotopic (exact) mass is 488 g/mol. The van der Waals surface area contributed by atoms with Crippen molar-refractivity contribution in [3.63, 3.8) is 0 Å². The minimum absolute atomic E-state index is 0.0258. The number of likely N-dealkylation sites (N-methyl/N-ethyl adjacent to an activating group) is 1. The number of rotatable bonds is 10. The molecular formula is C24H28N2O7S. The predicted molar refractivity (Wildman–Crippen MR) is 126 cm³/mol. The Morgan fingerprint density at radius 2 is 1.62 bits per heavy atom. The molecule has 1 atom stereocenters. The average molecular weight is 489 g/mol. The number of carboxylic acids is 1. The van der Waals surface area contributed by atoms with E-state index in [0.717, 1.165) is 28.5 Å². The number of alkyl carbamates (subject to hydrolysis) is 1. The Labute approximate surface area is 198 Å². The summed E-state index contributed by atoms with van der Waals surface area (Å²) in [4.78, 5) is 37.7. The second-order valence-corrected chi connectivity index (χ2v) is 10.6. The number of benzene rings is 2. The van der Waals surface area contributed by atoms with Gasteiger partial charge in [0.15, 0.2) is 0 Å². The molecule has 0 saturated carbocycles. The maximum absolute atomic E-state index is 12.7. The van der Waals surface area contributed by atoms with Crippen LogP contribution in [0.25, 0.3) is 11.1 Å². The first-order valence-corrected chi connectivity index (χ1v) is 12.9. The first-order valence-electron chi connectivity index (χ1n) is 10.8. The molecule has 3 rings (SSSR count). The Hall–Kier alpha value is -3.40. The lowest BCUT2D eigenvalue weighted by Gasteiger charge is -2.24. The summed E-state index contributed by atoms with van der Waals surface area (Å²) >= 11 is 0. The number of carboxylic acid groups (broad SMARTS) is 1. The van der Waals surface area contributed by atoms with Crippen molar-refractivity contribution in [2.45, 2.75) is 24.8 Å². The molecule has 0 aliphatic heterocycles. The van der Waals surface area contributed by atoms with Crippen LogP contribution in [0.15, 0.2) is 48.5 Å². The number of sulfone groups is 1. The molecule has 0 bridgehead atoms. The molecule has 0 aromatic heterocycles. The maximum atomic E-state index is 12.7. The second-order valence-electron chi connectivity index (χ2n) is 8.36. The van der Waals surface area contributed by atoms with Gasteiger partial charge in [-0.1, -0.05) is 48.5 Å². The smallest absolute Gasteiger partial charge is 0.407 e. The lowest BCUT2D eigenvalue weighted by atomic mass is 9.98. The highest BCUT2D eigenvalue weighted by molar-refractivity contribution is 7.90. The van der Waals surface area contributed by atoms with Gasteiger partial charge in [0.2, 0.25) is 5.91 Å². The number of amides is 2. The van der Waals surface area contributed by atoms with Gasteiger partial charge < -0.3 is 20.1 Å². The molecule has 2 amide bonds. The molecule has 2 aromatic carbocycles. The van der Waals surface area contributed by atoms with Gasteiger partial charge in [0.1, 0.15) is 22.5 Å². The molecule has 0 spiro atoms. The molecule has 1 aliphatic rings. The average Bonchev–Trinajstić information content (AvgIpc) is 3.09. The van der Waals surface area contributed by atoms with E-state index in [4.69, 9.17) is 4.74 Å². The van der Waals surface area contributed by atoms with Gasteiger partial charge in [-0.05, 0) is 28.7 Å². The summed E-state index contributed by atoms with van der Waals surface area (Å²) in [6.45, 7) is 0.131. The number of aliphatic carboxylic acids is 1. The summed E-state index contributed by atoms with van der Waals surface area (Å²) in [7, 11) is -1.75. The number of hydrogen-bond acceptors (Lipinski definition) is 6. The van der Waals surface area contributed by atoms with Crippen LogP contribution in [0.1, 0.15) is 29.9 Å². The van der Waals surface area contributed by atoms with Crippen molar-refractivity contribution in [1.29, 1.82) is 0 Å². The zero-order valence-electron chi connectivity index (χ0n) is 19.1. The van der Waals surface area contributed by atoms with Crippen LogP contribution in [-0.4, -0.2) is 74.6 Å². The summed E-state index contributed by atoms with van der Waals surface area (Å²) in [5.41, 5.74) is 4.20. The fourth-order valence-corrected chi connectivity index (χ4v) is 4.75. The number of nitrogens with zero attached hydrogens (tertiary/aromatic N) is 1. The predicted octanol–water partition coefficient (Wildman–Crippen LogP) is 2.26. The van der Waals surface area contributed by atoms with Gasteiger partial charge in [0.25, 0.3) is 0 Å². The van der Waals surface area contributed by atoms with Crippen LogP contribution < -0.4 is 5.32 Å². The highest BCUT2D eigenvalue weighted by atomic mass is 32.2. The van der Waals surface area contributed by atoms with Gasteiger partial charge in [-0.15, -0.1) is 0 Å². The van der Waals surface area contributed by atoms with Crippen LogP contribution >= 0.6 is 0 Å². The van der Waals surface area contributed by atoms with Crippen molar-refractivity contribution in [1.82, 2.24) is 10.2 Å². The van der Waals surface area contributed by atoms with E-state index in [2.05, 4.69) is 5.32 Å². The highest BCUT2D eigenvalue weighted by Crippen LogP contribution is 2.44. The SMILES string of the molecule is CN(CCCS(C)(=O)=O)C(=O)C(CC(=O)O)NC(=O)OCC1c2ccccc2-c2ccccc21. The normalized spacial score (nSPS) is 13.5. The molecule has 10 heteroatoms. The van der Waals surface area contributed by atoms with E-state index in [1.807, 2.05) is 48.5 Å². The lowest BCUT2D eigenvalue weighted by molar-refractivity contribution is -0.142. The minimum atomic E-state index is -3.18. The molecule has 34 heavy (non-hydrogen) atoms. The third kappa shape index (κ3) is 6.34. The lowest BCUT2D eigenvalue weighted by Crippen LogP contribution is -2.49. The van der Waals surface area contributed by atoms with Crippen molar-refractivity contribution in [3.05, 3.63) is 59.7 Å². The molecule has 0 fully saturated rings. The molecule has 0 saturated heterocycles. The molecule has 182 valence electrons. The van der Waals surface area contributed by atoms with E-state index in [0.29, 0.717) is 0 Å². The summed E-state index contributed by atoms with van der Waals surface area (Å²) in [6, 6.07) is 14.4. The molecule has 0 radical (unpaired) electrons. The molecule has 9 nitrogen and oxygen atoms in total. The number of carbonyl (C=O) groups is 3. The van der Waals surface area contributed by atoms with E-state index in [9.17, 15) is 27.9 Å². The van der Waals surface area contributed by atoms with Crippen LogP contribution in [0.5, 0.6) is 0 Å².